The molecule has 6 unspecified atom stereocenters. The number of methoxy groups -OCH3 is 1. The molecule has 6 atom stereocenters. The number of hydrogen-bond donors (Lipinski definition) is 2. The van der Waals surface area contributed by atoms with Crippen molar-refractivity contribution in [1.29, 1.82) is 0 Å². The molecule has 9 heteroatoms. The van der Waals surface area contributed by atoms with Gasteiger partial charge in [0.05, 0.1) is 35.6 Å². The highest BCUT2D eigenvalue weighted by Gasteiger charge is 2.66. The Bertz CT molecular complexity index is 2210. The number of amides is 2. The van der Waals surface area contributed by atoms with E-state index in [0.717, 1.165) is 10.5 Å². The Hall–Kier alpha value is -6.09. The number of ketones is 2. The Morgan fingerprint density at radius 1 is 0.843 bits per heavy atom. The summed E-state index contributed by atoms with van der Waals surface area (Å²) in [7, 11) is 1.43. The summed E-state index contributed by atoms with van der Waals surface area (Å²) in [4.78, 5) is 71.6. The lowest BCUT2D eigenvalue weighted by Gasteiger charge is -2.55. The largest absolute Gasteiger partial charge is 0.504 e. The molecule has 1 heterocycles. The van der Waals surface area contributed by atoms with Gasteiger partial charge in [0.2, 0.25) is 11.8 Å². The van der Waals surface area contributed by atoms with Gasteiger partial charge in [0.25, 0.3) is 0 Å². The zero-order valence-corrected chi connectivity index (χ0v) is 27.6. The van der Waals surface area contributed by atoms with Gasteiger partial charge < -0.3 is 14.9 Å². The molecule has 2 fully saturated rings. The molecule has 9 nitrogen and oxygen atoms in total. The van der Waals surface area contributed by atoms with E-state index in [4.69, 9.17) is 4.74 Å². The third-order valence-electron chi connectivity index (χ3n) is 11.3. The maximum Gasteiger partial charge on any atom is 0.335 e. The molecule has 0 radical (unpaired) electrons. The summed E-state index contributed by atoms with van der Waals surface area (Å²) in [6, 6.07) is 28.9. The molecule has 4 aromatic carbocycles. The number of ether oxygens (including phenoxy) is 1. The number of carboxylic acids is 1. The first-order valence-electron chi connectivity index (χ1n) is 16.9. The van der Waals surface area contributed by atoms with E-state index in [-0.39, 0.29) is 47.2 Å². The fraction of sp³-hybridized carbons (Fsp3) is 0.214. The number of allylic oxidation sites excluding steroid dienone is 4. The monoisotopic (exact) mass is 679 g/mol. The average Bonchev–Trinajstić information content (AvgIpc) is 3.42. The van der Waals surface area contributed by atoms with Gasteiger partial charge in [-0.3, -0.25) is 24.1 Å². The molecule has 1 aliphatic heterocycles. The Kier molecular flexibility index (Phi) is 7.59. The third kappa shape index (κ3) is 4.71. The number of carbonyl (C=O) groups is 5. The molecule has 3 aliphatic carbocycles. The minimum atomic E-state index is -1.42. The van der Waals surface area contributed by atoms with Crippen molar-refractivity contribution in [3.8, 4) is 11.5 Å². The van der Waals surface area contributed by atoms with Crippen LogP contribution >= 0.6 is 0 Å². The first-order valence-corrected chi connectivity index (χ1v) is 16.9. The quantitative estimate of drug-likeness (QED) is 0.184. The third-order valence-corrected chi connectivity index (χ3v) is 11.3. The SMILES string of the molecule is COc1cc(C2C3=CCC4C(=O)N(c5cccc(C(=O)O)c5)C(=O)C4C3CC3C(=O)C(c4ccccc4)=CC(=O)C32c2ccccc2)ccc1O. The number of imide groups is 1. The van der Waals surface area contributed by atoms with Gasteiger partial charge >= 0.3 is 5.97 Å². The zero-order valence-electron chi connectivity index (χ0n) is 27.6. The lowest BCUT2D eigenvalue weighted by Crippen LogP contribution is -2.58. The number of aromatic carboxylic acids is 1. The van der Waals surface area contributed by atoms with Crippen LogP contribution in [0.15, 0.2) is 121 Å². The van der Waals surface area contributed by atoms with E-state index >= 15 is 9.59 Å². The van der Waals surface area contributed by atoms with Crippen LogP contribution in [-0.4, -0.2) is 46.7 Å². The topological polar surface area (TPSA) is 138 Å². The Balaban J connectivity index is 1.35. The van der Waals surface area contributed by atoms with Crippen LogP contribution in [0.2, 0.25) is 0 Å². The van der Waals surface area contributed by atoms with Crippen molar-refractivity contribution in [2.24, 2.45) is 23.7 Å². The van der Waals surface area contributed by atoms with Crippen molar-refractivity contribution in [1.82, 2.24) is 0 Å². The van der Waals surface area contributed by atoms with E-state index < -0.39 is 52.8 Å². The highest BCUT2D eigenvalue weighted by atomic mass is 16.5. The molecule has 1 saturated heterocycles. The summed E-state index contributed by atoms with van der Waals surface area (Å²) in [5, 5.41) is 20.2. The summed E-state index contributed by atoms with van der Waals surface area (Å²) in [6.45, 7) is 0. The molecule has 51 heavy (non-hydrogen) atoms. The van der Waals surface area contributed by atoms with Gasteiger partial charge in [0.1, 0.15) is 0 Å². The van der Waals surface area contributed by atoms with Crippen molar-refractivity contribution >= 4 is 40.6 Å². The number of carboxylic acid groups (broad SMARTS) is 1. The predicted octanol–water partition coefficient (Wildman–Crippen LogP) is 6.13. The van der Waals surface area contributed by atoms with Crippen LogP contribution in [0.5, 0.6) is 11.5 Å². The fourth-order valence-electron chi connectivity index (χ4n) is 9.16. The number of anilines is 1. The van der Waals surface area contributed by atoms with E-state index in [1.807, 2.05) is 54.6 Å². The lowest BCUT2D eigenvalue weighted by molar-refractivity contribution is -0.135. The van der Waals surface area contributed by atoms with Crippen LogP contribution in [0.4, 0.5) is 5.69 Å². The number of rotatable bonds is 6. The number of nitrogens with zero attached hydrogens (tertiary/aromatic N) is 1. The van der Waals surface area contributed by atoms with E-state index in [1.165, 1.54) is 37.5 Å². The fourth-order valence-corrected chi connectivity index (χ4v) is 9.16. The van der Waals surface area contributed by atoms with Crippen molar-refractivity contribution in [2.45, 2.75) is 24.2 Å². The van der Waals surface area contributed by atoms with E-state index in [1.54, 1.807) is 30.3 Å². The number of aromatic hydroxyl groups is 1. The summed E-state index contributed by atoms with van der Waals surface area (Å²) < 4.78 is 5.52. The summed E-state index contributed by atoms with van der Waals surface area (Å²) in [5.41, 5.74) is 1.64. The number of hydrogen-bond acceptors (Lipinski definition) is 7. The molecule has 2 N–H and O–H groups in total. The van der Waals surface area contributed by atoms with E-state index in [2.05, 4.69) is 0 Å². The standard InChI is InChI=1S/C42H33NO8/c1-51-34-20-24(15-18-33(34)44)37-28-16-17-29-36(40(48)43(39(29)47)27-14-8-11-25(19-27)41(49)50)31(28)21-32-38(46)30(23-9-4-2-5-10-23)22-35(45)42(32,37)26-12-6-3-7-13-26/h2-16,18-20,22,29,31-32,36-37,44H,17,21H2,1H3,(H,49,50). The minimum absolute atomic E-state index is 0.0556. The van der Waals surface area contributed by atoms with E-state index in [9.17, 15) is 24.6 Å². The molecule has 0 spiro atoms. The van der Waals surface area contributed by atoms with Gasteiger partial charge in [-0.25, -0.2) is 4.79 Å². The van der Waals surface area contributed by atoms with Crippen LogP contribution in [0, 0.1) is 23.7 Å². The average molecular weight is 680 g/mol. The van der Waals surface area contributed by atoms with Crippen molar-refractivity contribution in [2.75, 3.05) is 12.0 Å². The van der Waals surface area contributed by atoms with Crippen molar-refractivity contribution in [3.63, 3.8) is 0 Å². The second-order valence-electron chi connectivity index (χ2n) is 13.6. The van der Waals surface area contributed by atoms with Gasteiger partial charge in [0, 0.05) is 17.4 Å². The highest BCUT2D eigenvalue weighted by molar-refractivity contribution is 6.32. The maximum absolute atomic E-state index is 15.1. The number of fused-ring (bicyclic) bond motifs is 4. The lowest BCUT2D eigenvalue weighted by atomic mass is 9.44. The number of phenols is 1. The van der Waals surface area contributed by atoms with Crippen molar-refractivity contribution < 1.29 is 38.9 Å². The maximum atomic E-state index is 15.1. The molecule has 4 aliphatic rings. The Morgan fingerprint density at radius 2 is 1.57 bits per heavy atom. The molecule has 8 rings (SSSR count). The summed E-state index contributed by atoms with van der Waals surface area (Å²) in [6.07, 6.45) is 3.75. The molecular weight excluding hydrogens is 646 g/mol. The first-order chi connectivity index (χ1) is 24.7. The van der Waals surface area contributed by atoms with Gasteiger partial charge in [-0.05, 0) is 71.9 Å². The number of carbonyl (C=O) groups excluding carboxylic acids is 4. The molecule has 2 amide bonds. The van der Waals surface area contributed by atoms with E-state index in [0.29, 0.717) is 22.3 Å². The molecule has 1 saturated carbocycles. The molecule has 0 bridgehead atoms. The van der Waals surface area contributed by atoms with Crippen LogP contribution in [-0.2, 0) is 24.6 Å². The zero-order chi connectivity index (χ0) is 35.6. The smallest absolute Gasteiger partial charge is 0.335 e. The minimum Gasteiger partial charge on any atom is -0.504 e. The van der Waals surface area contributed by atoms with Crippen LogP contribution < -0.4 is 9.64 Å². The molecule has 0 aromatic heterocycles. The second-order valence-corrected chi connectivity index (χ2v) is 13.6. The second kappa shape index (κ2) is 12.1. The van der Waals surface area contributed by atoms with Crippen LogP contribution in [0.1, 0.15) is 45.8 Å². The first kappa shape index (κ1) is 32.1. The van der Waals surface area contributed by atoms with Gasteiger partial charge in [-0.15, -0.1) is 0 Å². The predicted molar refractivity (Wildman–Crippen MR) is 187 cm³/mol. The van der Waals surface area contributed by atoms with Gasteiger partial charge in [-0.1, -0.05) is 84.4 Å². The molecular formula is C42H33NO8. The van der Waals surface area contributed by atoms with Crippen LogP contribution in [0.3, 0.4) is 0 Å². The highest BCUT2D eigenvalue weighted by Crippen LogP contribution is 2.64. The summed E-state index contributed by atoms with van der Waals surface area (Å²) in [5.74, 6) is -6.36. The Labute approximate surface area is 293 Å². The van der Waals surface area contributed by atoms with Gasteiger partial charge in [0.15, 0.2) is 23.1 Å². The number of phenolic OH excluding ortho intramolecular Hbond substituents is 1. The molecule has 4 aromatic rings. The van der Waals surface area contributed by atoms with Crippen LogP contribution in [0.25, 0.3) is 5.57 Å². The summed E-state index contributed by atoms with van der Waals surface area (Å²) >= 11 is 0. The van der Waals surface area contributed by atoms with Crippen molar-refractivity contribution in [3.05, 3.63) is 143 Å². The normalized spacial score (nSPS) is 26.8. The van der Waals surface area contributed by atoms with Gasteiger partial charge in [-0.2, -0.15) is 0 Å². The Morgan fingerprint density at radius 3 is 2.27 bits per heavy atom. The number of Topliss-reactive ketones (excluding diaryl/α,β-unsaturated/α-hetero) is 1. The molecule has 254 valence electrons. The number of benzene rings is 4.